The highest BCUT2D eigenvalue weighted by Gasteiger charge is 2.06. The third kappa shape index (κ3) is 3.08. The fourth-order valence-electron chi connectivity index (χ4n) is 1.30. The summed E-state index contributed by atoms with van der Waals surface area (Å²) in [4.78, 5) is 19.4. The van der Waals surface area contributed by atoms with Crippen LogP contribution in [0.5, 0.6) is 0 Å². The number of hydrogen-bond donors (Lipinski definition) is 3. The molecule has 0 atom stereocenters. The largest absolute Gasteiger partial charge is 0.373 e. The smallest absolute Gasteiger partial charge is 0.239 e. The molecule has 6 nitrogen and oxygen atoms in total. The topological polar surface area (TPSA) is 78.9 Å². The molecule has 0 aliphatic heterocycles. The standard InChI is InChI=1S/C10H17N5O/c1-4-12-8(16)5-13-10-7(2)9(11-3)14-6-15-10/h6H,4-5H2,1-3H3,(H,12,16)(H2,11,13,14,15). The van der Waals surface area contributed by atoms with Crippen LogP contribution in [0.1, 0.15) is 12.5 Å². The van der Waals surface area contributed by atoms with Crippen LogP contribution in [-0.4, -0.2) is 36.0 Å². The summed E-state index contributed by atoms with van der Waals surface area (Å²) in [5.41, 5.74) is 0.897. The van der Waals surface area contributed by atoms with Crippen LogP contribution >= 0.6 is 0 Å². The Balaban J connectivity index is 2.63. The minimum Gasteiger partial charge on any atom is -0.373 e. The number of likely N-dealkylation sites (N-methyl/N-ethyl adjacent to an activating group) is 1. The Morgan fingerprint density at radius 1 is 1.38 bits per heavy atom. The Hall–Kier alpha value is -1.85. The summed E-state index contributed by atoms with van der Waals surface area (Å²) < 4.78 is 0. The van der Waals surface area contributed by atoms with Gasteiger partial charge in [-0.2, -0.15) is 0 Å². The van der Waals surface area contributed by atoms with Gasteiger partial charge in [0.2, 0.25) is 5.91 Å². The molecule has 1 heterocycles. The third-order valence-electron chi connectivity index (χ3n) is 2.11. The molecule has 16 heavy (non-hydrogen) atoms. The summed E-state index contributed by atoms with van der Waals surface area (Å²) in [7, 11) is 1.79. The number of anilines is 2. The molecule has 0 bridgehead atoms. The Labute approximate surface area is 94.9 Å². The van der Waals surface area contributed by atoms with Crippen molar-refractivity contribution in [2.45, 2.75) is 13.8 Å². The molecule has 3 N–H and O–H groups in total. The van der Waals surface area contributed by atoms with Crippen molar-refractivity contribution in [2.24, 2.45) is 0 Å². The number of hydrogen-bond acceptors (Lipinski definition) is 5. The van der Waals surface area contributed by atoms with Crippen LogP contribution in [0.2, 0.25) is 0 Å². The van der Waals surface area contributed by atoms with E-state index in [0.717, 1.165) is 11.4 Å². The average Bonchev–Trinajstić information content (AvgIpc) is 2.28. The van der Waals surface area contributed by atoms with Crippen LogP contribution in [0.25, 0.3) is 0 Å². The number of nitrogens with zero attached hydrogens (tertiary/aromatic N) is 2. The Kier molecular flexibility index (Phi) is 4.50. The van der Waals surface area contributed by atoms with Gasteiger partial charge < -0.3 is 16.0 Å². The highest BCUT2D eigenvalue weighted by molar-refractivity contribution is 5.80. The van der Waals surface area contributed by atoms with E-state index in [4.69, 9.17) is 0 Å². The minimum atomic E-state index is -0.0495. The third-order valence-corrected chi connectivity index (χ3v) is 2.11. The number of aromatic nitrogens is 2. The molecule has 0 saturated heterocycles. The zero-order chi connectivity index (χ0) is 12.0. The van der Waals surface area contributed by atoms with Gasteiger partial charge in [0.15, 0.2) is 0 Å². The van der Waals surface area contributed by atoms with Crippen molar-refractivity contribution in [3.63, 3.8) is 0 Å². The summed E-state index contributed by atoms with van der Waals surface area (Å²) in [5.74, 6) is 1.38. The molecule has 0 fully saturated rings. The van der Waals surface area contributed by atoms with E-state index in [1.165, 1.54) is 6.33 Å². The monoisotopic (exact) mass is 223 g/mol. The van der Waals surface area contributed by atoms with Gasteiger partial charge in [0.1, 0.15) is 18.0 Å². The van der Waals surface area contributed by atoms with Crippen LogP contribution < -0.4 is 16.0 Å². The zero-order valence-corrected chi connectivity index (χ0v) is 9.79. The fraction of sp³-hybridized carbons (Fsp3) is 0.500. The summed E-state index contributed by atoms with van der Waals surface area (Å²) in [5, 5.41) is 8.63. The molecule has 1 aromatic rings. The van der Waals surface area contributed by atoms with E-state index in [-0.39, 0.29) is 12.5 Å². The van der Waals surface area contributed by atoms with Crippen LogP contribution in [0, 0.1) is 6.92 Å². The minimum absolute atomic E-state index is 0.0495. The van der Waals surface area contributed by atoms with Gasteiger partial charge >= 0.3 is 0 Å². The lowest BCUT2D eigenvalue weighted by molar-refractivity contribution is -0.119. The molecule has 0 saturated carbocycles. The molecule has 0 aliphatic rings. The fourth-order valence-corrected chi connectivity index (χ4v) is 1.30. The van der Waals surface area contributed by atoms with Crippen molar-refractivity contribution in [3.8, 4) is 0 Å². The van der Waals surface area contributed by atoms with Crippen LogP contribution in [0.3, 0.4) is 0 Å². The van der Waals surface area contributed by atoms with Crippen LogP contribution in [0.15, 0.2) is 6.33 Å². The molecule has 0 spiro atoms. The second kappa shape index (κ2) is 5.89. The lowest BCUT2D eigenvalue weighted by atomic mass is 10.3. The van der Waals surface area contributed by atoms with E-state index in [1.54, 1.807) is 7.05 Å². The summed E-state index contributed by atoms with van der Waals surface area (Å²) in [6, 6.07) is 0. The molecule has 1 aromatic heterocycles. The second-order valence-electron chi connectivity index (χ2n) is 3.25. The number of rotatable bonds is 5. The highest BCUT2D eigenvalue weighted by Crippen LogP contribution is 2.16. The van der Waals surface area contributed by atoms with Gasteiger partial charge in [-0.15, -0.1) is 0 Å². The first-order chi connectivity index (χ1) is 7.69. The first-order valence-corrected chi connectivity index (χ1v) is 5.19. The maximum atomic E-state index is 11.2. The first kappa shape index (κ1) is 12.2. The van der Waals surface area contributed by atoms with Gasteiger partial charge in [-0.25, -0.2) is 9.97 Å². The van der Waals surface area contributed by atoms with Gasteiger partial charge in [0, 0.05) is 19.2 Å². The quantitative estimate of drug-likeness (QED) is 0.672. The number of carbonyl (C=O) groups excluding carboxylic acids is 1. The highest BCUT2D eigenvalue weighted by atomic mass is 16.1. The number of amides is 1. The normalized spacial score (nSPS) is 9.69. The zero-order valence-electron chi connectivity index (χ0n) is 9.79. The van der Waals surface area contributed by atoms with Gasteiger partial charge in [0.25, 0.3) is 0 Å². The summed E-state index contributed by atoms with van der Waals surface area (Å²) in [6.45, 7) is 4.62. The second-order valence-corrected chi connectivity index (χ2v) is 3.25. The van der Waals surface area contributed by atoms with Crippen molar-refractivity contribution in [2.75, 3.05) is 30.8 Å². The lowest BCUT2D eigenvalue weighted by Gasteiger charge is -2.10. The van der Waals surface area contributed by atoms with Gasteiger partial charge in [-0.05, 0) is 13.8 Å². The van der Waals surface area contributed by atoms with E-state index < -0.39 is 0 Å². The molecule has 0 radical (unpaired) electrons. The van der Waals surface area contributed by atoms with Crippen molar-refractivity contribution < 1.29 is 4.79 Å². The molecule has 6 heteroatoms. The maximum Gasteiger partial charge on any atom is 0.239 e. The SMILES string of the molecule is CCNC(=O)CNc1ncnc(NC)c1C. The first-order valence-electron chi connectivity index (χ1n) is 5.19. The van der Waals surface area contributed by atoms with Gasteiger partial charge in [0.05, 0.1) is 6.54 Å². The predicted molar refractivity (Wildman–Crippen MR) is 63.5 cm³/mol. The Morgan fingerprint density at radius 2 is 2.06 bits per heavy atom. The van der Waals surface area contributed by atoms with Gasteiger partial charge in [-0.1, -0.05) is 0 Å². The summed E-state index contributed by atoms with van der Waals surface area (Å²) >= 11 is 0. The van der Waals surface area contributed by atoms with E-state index in [2.05, 4.69) is 25.9 Å². The lowest BCUT2D eigenvalue weighted by Crippen LogP contribution is -2.29. The van der Waals surface area contributed by atoms with Crippen LogP contribution in [-0.2, 0) is 4.79 Å². The van der Waals surface area contributed by atoms with Crippen LogP contribution in [0.4, 0.5) is 11.6 Å². The van der Waals surface area contributed by atoms with Crippen molar-refractivity contribution in [3.05, 3.63) is 11.9 Å². The number of nitrogens with one attached hydrogen (secondary N) is 3. The maximum absolute atomic E-state index is 11.2. The Bertz CT molecular complexity index is 366. The van der Waals surface area contributed by atoms with E-state index in [9.17, 15) is 4.79 Å². The average molecular weight is 223 g/mol. The van der Waals surface area contributed by atoms with E-state index in [0.29, 0.717) is 12.4 Å². The molecule has 1 amide bonds. The Morgan fingerprint density at radius 3 is 2.69 bits per heavy atom. The van der Waals surface area contributed by atoms with Crippen molar-refractivity contribution >= 4 is 17.5 Å². The van der Waals surface area contributed by atoms with Gasteiger partial charge in [-0.3, -0.25) is 4.79 Å². The molecule has 0 unspecified atom stereocenters. The molecule has 1 rings (SSSR count). The molecule has 88 valence electrons. The van der Waals surface area contributed by atoms with E-state index >= 15 is 0 Å². The molecular formula is C10H17N5O. The van der Waals surface area contributed by atoms with E-state index in [1.807, 2.05) is 13.8 Å². The molecule has 0 aliphatic carbocycles. The van der Waals surface area contributed by atoms with Crippen molar-refractivity contribution in [1.82, 2.24) is 15.3 Å². The molecular weight excluding hydrogens is 206 g/mol. The number of carbonyl (C=O) groups is 1. The van der Waals surface area contributed by atoms with Crippen molar-refractivity contribution in [1.29, 1.82) is 0 Å². The molecule has 0 aromatic carbocycles. The summed E-state index contributed by atoms with van der Waals surface area (Å²) in [6.07, 6.45) is 1.46. The predicted octanol–water partition coefficient (Wildman–Crippen LogP) is 0.375.